The summed E-state index contributed by atoms with van der Waals surface area (Å²) in [6.45, 7) is 2.70. The van der Waals surface area contributed by atoms with Crippen molar-refractivity contribution in [2.75, 3.05) is 19.6 Å². The normalized spacial score (nSPS) is 19.7. The van der Waals surface area contributed by atoms with Gasteiger partial charge in [0.25, 0.3) is 0 Å². The van der Waals surface area contributed by atoms with Crippen molar-refractivity contribution in [2.24, 2.45) is 5.92 Å². The van der Waals surface area contributed by atoms with E-state index in [0.29, 0.717) is 16.0 Å². The Bertz CT molecular complexity index is 493. The van der Waals surface area contributed by atoms with Crippen molar-refractivity contribution in [3.05, 3.63) is 33.8 Å². The zero-order valence-electron chi connectivity index (χ0n) is 10.9. The molecule has 1 amide bonds. The second-order valence-electron chi connectivity index (χ2n) is 5.41. The number of hydrogen-bond donors (Lipinski definition) is 2. The lowest BCUT2D eigenvalue weighted by molar-refractivity contribution is -0.123. The predicted molar refractivity (Wildman–Crippen MR) is 84.0 cm³/mol. The van der Waals surface area contributed by atoms with Gasteiger partial charge in [0.1, 0.15) is 0 Å². The summed E-state index contributed by atoms with van der Waals surface area (Å²) in [4.78, 5) is 12.4. The molecule has 0 unspecified atom stereocenters. The molecule has 110 valence electrons. The summed E-state index contributed by atoms with van der Waals surface area (Å²) < 4.78 is 0. The number of amides is 1. The van der Waals surface area contributed by atoms with Gasteiger partial charge in [-0.15, -0.1) is 12.4 Å². The van der Waals surface area contributed by atoms with Crippen LogP contribution < -0.4 is 10.6 Å². The standard InChI is InChI=1S/C14H16Cl2N2O.ClH/c15-10-2-1-3-11(16)12(10)14(4-5-14)13(19)18-8-9-6-17-7-9;/h1-3,9,17H,4-8H2,(H,18,19);1H. The number of carbonyl (C=O) groups excluding carboxylic acids is 1. The van der Waals surface area contributed by atoms with E-state index in [-0.39, 0.29) is 18.3 Å². The van der Waals surface area contributed by atoms with E-state index >= 15 is 0 Å². The van der Waals surface area contributed by atoms with Crippen molar-refractivity contribution in [1.82, 2.24) is 10.6 Å². The summed E-state index contributed by atoms with van der Waals surface area (Å²) in [6, 6.07) is 5.40. The third-order valence-corrected chi connectivity index (χ3v) is 4.67. The number of carbonyl (C=O) groups is 1. The number of halogens is 3. The molecule has 0 aromatic heterocycles. The summed E-state index contributed by atoms with van der Waals surface area (Å²) in [7, 11) is 0. The van der Waals surface area contributed by atoms with Crippen LogP contribution >= 0.6 is 35.6 Å². The minimum Gasteiger partial charge on any atom is -0.355 e. The fourth-order valence-electron chi connectivity index (χ4n) is 2.57. The lowest BCUT2D eigenvalue weighted by atomic mass is 9.94. The van der Waals surface area contributed by atoms with Crippen LogP contribution in [-0.2, 0) is 10.2 Å². The van der Waals surface area contributed by atoms with Crippen molar-refractivity contribution in [3.8, 4) is 0 Å². The predicted octanol–water partition coefficient (Wildman–Crippen LogP) is 2.78. The Labute approximate surface area is 134 Å². The largest absolute Gasteiger partial charge is 0.355 e. The Balaban J connectivity index is 0.00000147. The molecule has 0 radical (unpaired) electrons. The molecule has 1 saturated heterocycles. The molecule has 1 aliphatic heterocycles. The van der Waals surface area contributed by atoms with Crippen LogP contribution in [0.25, 0.3) is 0 Å². The fourth-order valence-corrected chi connectivity index (χ4v) is 3.33. The van der Waals surface area contributed by atoms with Crippen molar-refractivity contribution in [1.29, 1.82) is 0 Å². The van der Waals surface area contributed by atoms with E-state index in [4.69, 9.17) is 23.2 Å². The first-order chi connectivity index (χ1) is 9.13. The molecule has 20 heavy (non-hydrogen) atoms. The highest BCUT2D eigenvalue weighted by Crippen LogP contribution is 2.53. The average Bonchev–Trinajstić information content (AvgIpc) is 3.08. The zero-order valence-corrected chi connectivity index (χ0v) is 13.2. The summed E-state index contributed by atoms with van der Waals surface area (Å²) >= 11 is 12.4. The molecule has 1 saturated carbocycles. The molecule has 1 aromatic carbocycles. The number of nitrogens with one attached hydrogen (secondary N) is 2. The minimum absolute atomic E-state index is 0. The molecular weight excluding hydrogens is 319 g/mol. The highest BCUT2D eigenvalue weighted by atomic mass is 35.5. The van der Waals surface area contributed by atoms with Crippen molar-refractivity contribution >= 4 is 41.5 Å². The van der Waals surface area contributed by atoms with E-state index in [1.165, 1.54) is 0 Å². The second kappa shape index (κ2) is 6.10. The van der Waals surface area contributed by atoms with E-state index in [0.717, 1.165) is 38.0 Å². The van der Waals surface area contributed by atoms with Crippen LogP contribution in [-0.4, -0.2) is 25.5 Å². The Hall–Kier alpha value is -0.480. The summed E-state index contributed by atoms with van der Waals surface area (Å²) in [6.07, 6.45) is 1.65. The van der Waals surface area contributed by atoms with Gasteiger partial charge in [-0.05, 0) is 25.0 Å². The lowest BCUT2D eigenvalue weighted by Gasteiger charge is -2.28. The Kier molecular flexibility index (Phi) is 4.85. The van der Waals surface area contributed by atoms with Gasteiger partial charge < -0.3 is 10.6 Å². The number of benzene rings is 1. The van der Waals surface area contributed by atoms with E-state index in [1.54, 1.807) is 12.1 Å². The van der Waals surface area contributed by atoms with E-state index in [1.807, 2.05) is 6.07 Å². The molecule has 6 heteroatoms. The molecule has 2 aliphatic rings. The van der Waals surface area contributed by atoms with Crippen LogP contribution in [0.15, 0.2) is 18.2 Å². The summed E-state index contributed by atoms with van der Waals surface area (Å²) in [5.74, 6) is 0.621. The van der Waals surface area contributed by atoms with E-state index in [2.05, 4.69) is 10.6 Å². The SMILES string of the molecule is Cl.O=C(NCC1CNC1)C1(c2c(Cl)cccc2Cl)CC1. The first-order valence-corrected chi connectivity index (χ1v) is 7.32. The zero-order chi connectivity index (χ0) is 13.5. The van der Waals surface area contributed by atoms with Gasteiger partial charge >= 0.3 is 0 Å². The molecule has 2 fully saturated rings. The Morgan fingerprint density at radius 2 is 1.90 bits per heavy atom. The summed E-state index contributed by atoms with van der Waals surface area (Å²) in [5.41, 5.74) is 0.301. The molecule has 1 heterocycles. The maximum Gasteiger partial charge on any atom is 0.230 e. The molecule has 1 aromatic rings. The second-order valence-corrected chi connectivity index (χ2v) is 6.23. The fraction of sp³-hybridized carbons (Fsp3) is 0.500. The molecule has 1 aliphatic carbocycles. The first-order valence-electron chi connectivity index (χ1n) is 6.57. The van der Waals surface area contributed by atoms with E-state index in [9.17, 15) is 4.79 Å². The quantitative estimate of drug-likeness (QED) is 0.888. The minimum atomic E-state index is -0.493. The third-order valence-electron chi connectivity index (χ3n) is 4.04. The van der Waals surface area contributed by atoms with Gasteiger partial charge in [-0.2, -0.15) is 0 Å². The average molecular weight is 336 g/mol. The molecule has 0 bridgehead atoms. The van der Waals surface area contributed by atoms with E-state index < -0.39 is 5.41 Å². The van der Waals surface area contributed by atoms with Gasteiger partial charge in [0.05, 0.1) is 5.41 Å². The van der Waals surface area contributed by atoms with Crippen LogP contribution in [0.5, 0.6) is 0 Å². The van der Waals surface area contributed by atoms with Crippen LogP contribution in [0, 0.1) is 5.92 Å². The van der Waals surface area contributed by atoms with Crippen molar-refractivity contribution in [3.63, 3.8) is 0 Å². The Morgan fingerprint density at radius 3 is 2.35 bits per heavy atom. The van der Waals surface area contributed by atoms with Crippen molar-refractivity contribution in [2.45, 2.75) is 18.3 Å². The highest BCUT2D eigenvalue weighted by Gasteiger charge is 2.53. The smallest absolute Gasteiger partial charge is 0.230 e. The molecule has 2 N–H and O–H groups in total. The number of rotatable bonds is 4. The van der Waals surface area contributed by atoms with Gasteiger partial charge in [-0.25, -0.2) is 0 Å². The number of hydrogen-bond acceptors (Lipinski definition) is 2. The van der Waals surface area contributed by atoms with Gasteiger partial charge in [0.15, 0.2) is 0 Å². The van der Waals surface area contributed by atoms with Gasteiger partial charge in [-0.1, -0.05) is 29.3 Å². The molecule has 0 atom stereocenters. The topological polar surface area (TPSA) is 41.1 Å². The molecular formula is C14H17Cl3N2O. The van der Waals surface area contributed by atoms with Gasteiger partial charge in [0, 0.05) is 41.2 Å². The Morgan fingerprint density at radius 1 is 1.30 bits per heavy atom. The van der Waals surface area contributed by atoms with Crippen LogP contribution in [0.2, 0.25) is 10.0 Å². The highest BCUT2D eigenvalue weighted by molar-refractivity contribution is 6.36. The van der Waals surface area contributed by atoms with Crippen LogP contribution in [0.3, 0.4) is 0 Å². The van der Waals surface area contributed by atoms with Gasteiger partial charge in [0.2, 0.25) is 5.91 Å². The maximum absolute atomic E-state index is 12.4. The van der Waals surface area contributed by atoms with Crippen LogP contribution in [0.4, 0.5) is 0 Å². The lowest BCUT2D eigenvalue weighted by Crippen LogP contribution is -2.49. The summed E-state index contributed by atoms with van der Waals surface area (Å²) in [5, 5.41) is 7.42. The van der Waals surface area contributed by atoms with Crippen LogP contribution in [0.1, 0.15) is 18.4 Å². The van der Waals surface area contributed by atoms with Gasteiger partial charge in [-0.3, -0.25) is 4.79 Å². The maximum atomic E-state index is 12.4. The molecule has 0 spiro atoms. The first kappa shape index (κ1) is 15.9. The third kappa shape index (κ3) is 2.77. The van der Waals surface area contributed by atoms with Crippen molar-refractivity contribution < 1.29 is 4.79 Å². The monoisotopic (exact) mass is 334 g/mol. The molecule has 3 rings (SSSR count). The molecule has 3 nitrogen and oxygen atoms in total.